The summed E-state index contributed by atoms with van der Waals surface area (Å²) in [5.74, 6) is -1.71. The normalized spacial score (nSPS) is 28.1. The Morgan fingerprint density at radius 3 is 2.46 bits per heavy atom. The zero-order chi connectivity index (χ0) is 9.84. The number of hydrogen-bond donors (Lipinski definition) is 1. The minimum atomic E-state index is -1.04. The molecule has 2 atom stereocenters. The van der Waals surface area contributed by atoms with Crippen molar-refractivity contribution in [3.05, 3.63) is 0 Å². The van der Waals surface area contributed by atoms with Crippen molar-refractivity contribution in [2.75, 3.05) is 0 Å². The second-order valence-corrected chi connectivity index (χ2v) is 3.52. The number of carbonyl (C=O) groups excluding carboxylic acids is 2. The van der Waals surface area contributed by atoms with E-state index in [9.17, 15) is 14.7 Å². The minimum absolute atomic E-state index is 0.168. The Morgan fingerprint density at radius 2 is 1.92 bits per heavy atom. The van der Waals surface area contributed by atoms with Crippen LogP contribution in [-0.2, 0) is 9.59 Å². The van der Waals surface area contributed by atoms with Crippen molar-refractivity contribution in [2.24, 2.45) is 5.92 Å². The minimum Gasteiger partial charge on any atom is -0.550 e. The molecule has 1 rings (SSSR count). The summed E-state index contributed by atoms with van der Waals surface area (Å²) in [4.78, 5) is 21.4. The van der Waals surface area contributed by atoms with Gasteiger partial charge in [0.1, 0.15) is 0 Å². The molecule has 0 bridgehead atoms. The van der Waals surface area contributed by atoms with Crippen molar-refractivity contribution >= 4 is 11.9 Å². The Morgan fingerprint density at radius 1 is 1.31 bits per heavy atom. The van der Waals surface area contributed by atoms with E-state index in [-0.39, 0.29) is 11.9 Å². The van der Waals surface area contributed by atoms with Crippen LogP contribution >= 0.6 is 0 Å². The van der Waals surface area contributed by atoms with Gasteiger partial charge in [0.25, 0.3) is 0 Å². The molecule has 4 heteroatoms. The Labute approximate surface area is 77.3 Å². The van der Waals surface area contributed by atoms with Crippen LogP contribution < -0.4 is 10.4 Å². The second kappa shape index (κ2) is 4.25. The van der Waals surface area contributed by atoms with Crippen LogP contribution in [0.2, 0.25) is 0 Å². The summed E-state index contributed by atoms with van der Waals surface area (Å²) >= 11 is 0. The van der Waals surface area contributed by atoms with Gasteiger partial charge in [-0.1, -0.05) is 12.8 Å². The van der Waals surface area contributed by atoms with Crippen LogP contribution in [0, 0.1) is 5.92 Å². The molecule has 13 heavy (non-hydrogen) atoms. The molecule has 0 aromatic heterocycles. The SMILES string of the molecule is CC(=O)N[C@@H]1CCCC[C@H]1C(=O)[O-]. The van der Waals surface area contributed by atoms with Crippen molar-refractivity contribution in [2.45, 2.75) is 38.6 Å². The predicted octanol–water partition coefficient (Wildman–Crippen LogP) is -0.569. The van der Waals surface area contributed by atoms with E-state index in [2.05, 4.69) is 5.32 Å². The molecular formula is C9H14NO3-. The summed E-state index contributed by atoms with van der Waals surface area (Å²) in [7, 11) is 0. The fourth-order valence-corrected chi connectivity index (χ4v) is 1.85. The molecular weight excluding hydrogens is 170 g/mol. The molecule has 0 aromatic rings. The van der Waals surface area contributed by atoms with Crippen LogP contribution in [0.1, 0.15) is 32.6 Å². The van der Waals surface area contributed by atoms with E-state index in [1.807, 2.05) is 0 Å². The third kappa shape index (κ3) is 2.72. The van der Waals surface area contributed by atoms with Crippen molar-refractivity contribution in [3.63, 3.8) is 0 Å². The molecule has 0 radical (unpaired) electrons. The van der Waals surface area contributed by atoms with Gasteiger partial charge in [-0.15, -0.1) is 0 Å². The molecule has 1 saturated carbocycles. The molecule has 0 spiro atoms. The van der Waals surface area contributed by atoms with Gasteiger partial charge >= 0.3 is 0 Å². The molecule has 0 heterocycles. The van der Waals surface area contributed by atoms with Gasteiger partial charge in [-0.05, 0) is 12.8 Å². The maximum atomic E-state index is 10.8. The molecule has 0 saturated heterocycles. The number of carboxylic acids is 1. The van der Waals surface area contributed by atoms with E-state index in [1.54, 1.807) is 0 Å². The van der Waals surface area contributed by atoms with Crippen LogP contribution in [0.5, 0.6) is 0 Å². The van der Waals surface area contributed by atoms with Crippen LogP contribution in [0.15, 0.2) is 0 Å². The number of amides is 1. The summed E-state index contributed by atoms with van der Waals surface area (Å²) in [6.07, 6.45) is 3.26. The summed E-state index contributed by atoms with van der Waals surface area (Å²) in [5.41, 5.74) is 0. The topological polar surface area (TPSA) is 69.2 Å². The highest BCUT2D eigenvalue weighted by molar-refractivity contribution is 5.75. The maximum Gasteiger partial charge on any atom is 0.217 e. The number of rotatable bonds is 2. The van der Waals surface area contributed by atoms with Crippen molar-refractivity contribution < 1.29 is 14.7 Å². The fourth-order valence-electron chi connectivity index (χ4n) is 1.85. The number of aliphatic carboxylic acids is 1. The fraction of sp³-hybridized carbons (Fsp3) is 0.778. The highest BCUT2D eigenvalue weighted by Gasteiger charge is 2.26. The lowest BCUT2D eigenvalue weighted by molar-refractivity contribution is -0.313. The highest BCUT2D eigenvalue weighted by Crippen LogP contribution is 2.23. The number of nitrogens with one attached hydrogen (secondary N) is 1. The van der Waals surface area contributed by atoms with E-state index < -0.39 is 11.9 Å². The molecule has 1 fully saturated rings. The molecule has 0 aliphatic heterocycles. The van der Waals surface area contributed by atoms with Gasteiger partial charge in [0.2, 0.25) is 5.91 Å². The van der Waals surface area contributed by atoms with Crippen LogP contribution in [0.4, 0.5) is 0 Å². The summed E-state index contributed by atoms with van der Waals surface area (Å²) < 4.78 is 0. The lowest BCUT2D eigenvalue weighted by Crippen LogP contribution is -2.48. The van der Waals surface area contributed by atoms with E-state index in [0.29, 0.717) is 6.42 Å². The monoisotopic (exact) mass is 184 g/mol. The van der Waals surface area contributed by atoms with Crippen molar-refractivity contribution in [1.29, 1.82) is 0 Å². The second-order valence-electron chi connectivity index (χ2n) is 3.52. The first-order valence-electron chi connectivity index (χ1n) is 4.59. The van der Waals surface area contributed by atoms with Gasteiger partial charge in [-0.3, -0.25) is 4.79 Å². The average Bonchev–Trinajstić information content (AvgIpc) is 2.03. The molecule has 1 aliphatic rings. The summed E-state index contributed by atoms with van der Waals surface area (Å²) in [6.45, 7) is 1.40. The molecule has 4 nitrogen and oxygen atoms in total. The van der Waals surface area contributed by atoms with E-state index in [0.717, 1.165) is 19.3 Å². The molecule has 0 unspecified atom stereocenters. The largest absolute Gasteiger partial charge is 0.550 e. The van der Waals surface area contributed by atoms with Gasteiger partial charge in [0.05, 0.1) is 0 Å². The van der Waals surface area contributed by atoms with Gasteiger partial charge in [0, 0.05) is 24.9 Å². The molecule has 1 amide bonds. The maximum absolute atomic E-state index is 10.8. The number of hydrogen-bond acceptors (Lipinski definition) is 3. The zero-order valence-electron chi connectivity index (χ0n) is 7.71. The number of carboxylic acid groups (broad SMARTS) is 1. The van der Waals surface area contributed by atoms with Gasteiger partial charge < -0.3 is 15.2 Å². The first-order chi connectivity index (χ1) is 6.11. The Balaban J connectivity index is 2.56. The van der Waals surface area contributed by atoms with Crippen LogP contribution in [0.3, 0.4) is 0 Å². The van der Waals surface area contributed by atoms with E-state index in [4.69, 9.17) is 0 Å². The quantitative estimate of drug-likeness (QED) is 0.625. The number of carbonyl (C=O) groups is 2. The Hall–Kier alpha value is -1.06. The first-order valence-corrected chi connectivity index (χ1v) is 4.59. The van der Waals surface area contributed by atoms with E-state index >= 15 is 0 Å². The Bertz CT molecular complexity index is 215. The van der Waals surface area contributed by atoms with E-state index in [1.165, 1.54) is 6.92 Å². The predicted molar refractivity (Wildman–Crippen MR) is 44.6 cm³/mol. The van der Waals surface area contributed by atoms with Gasteiger partial charge in [0.15, 0.2) is 0 Å². The Kier molecular flexibility index (Phi) is 3.28. The van der Waals surface area contributed by atoms with Gasteiger partial charge in [-0.2, -0.15) is 0 Å². The lowest BCUT2D eigenvalue weighted by Gasteiger charge is -2.32. The summed E-state index contributed by atoms with van der Waals surface area (Å²) in [6, 6.07) is -0.226. The molecule has 1 N–H and O–H groups in total. The van der Waals surface area contributed by atoms with Crippen LogP contribution in [-0.4, -0.2) is 17.9 Å². The average molecular weight is 184 g/mol. The molecule has 1 aliphatic carbocycles. The standard InChI is InChI=1S/C9H15NO3/c1-6(11)10-8-5-3-2-4-7(8)9(12)13/h7-8H,2-5H2,1H3,(H,10,11)(H,12,13)/p-1/t7-,8-/m1/s1. The lowest BCUT2D eigenvalue weighted by atomic mass is 9.84. The highest BCUT2D eigenvalue weighted by atomic mass is 16.4. The van der Waals surface area contributed by atoms with Gasteiger partial charge in [-0.25, -0.2) is 0 Å². The zero-order valence-corrected chi connectivity index (χ0v) is 7.71. The third-order valence-corrected chi connectivity index (χ3v) is 2.46. The first kappa shape index (κ1) is 10.0. The third-order valence-electron chi connectivity index (χ3n) is 2.46. The van der Waals surface area contributed by atoms with Crippen molar-refractivity contribution in [3.8, 4) is 0 Å². The van der Waals surface area contributed by atoms with Crippen LogP contribution in [0.25, 0.3) is 0 Å². The smallest absolute Gasteiger partial charge is 0.217 e. The van der Waals surface area contributed by atoms with Crippen molar-refractivity contribution in [1.82, 2.24) is 5.32 Å². The molecule has 74 valence electrons. The summed E-state index contributed by atoms with van der Waals surface area (Å²) in [5, 5.41) is 13.3. The molecule has 0 aromatic carbocycles.